The van der Waals surface area contributed by atoms with E-state index in [1.54, 1.807) is 36.7 Å². The Bertz CT molecular complexity index is 794. The molecule has 122 valence electrons. The molecule has 0 aliphatic rings. The summed E-state index contributed by atoms with van der Waals surface area (Å²) in [6.45, 7) is 0.806. The molecule has 0 radical (unpaired) electrons. The second kappa shape index (κ2) is 7.50. The van der Waals surface area contributed by atoms with Crippen LogP contribution < -0.4 is 10.2 Å². The topological polar surface area (TPSA) is 53.9 Å². The molecule has 0 atom stereocenters. The molecule has 0 unspecified atom stereocenters. The molecule has 2 aromatic heterocycles. The molecule has 0 saturated heterocycles. The maximum absolute atomic E-state index is 13.7. The van der Waals surface area contributed by atoms with E-state index in [1.165, 1.54) is 18.0 Å². The lowest BCUT2D eigenvalue weighted by Crippen LogP contribution is -2.21. The Hall–Kier alpha value is -3.02. The monoisotopic (exact) mass is 323 g/mol. The second-order valence-electron chi connectivity index (χ2n) is 5.39. The van der Waals surface area contributed by atoms with E-state index in [4.69, 9.17) is 0 Å². The lowest BCUT2D eigenvalue weighted by atomic mass is 10.2. The summed E-state index contributed by atoms with van der Waals surface area (Å²) < 4.78 is 13.7. The van der Waals surface area contributed by atoms with Crippen molar-refractivity contribution < 1.29 is 4.39 Å². The fourth-order valence-electron chi connectivity index (χ4n) is 2.29. The quantitative estimate of drug-likeness (QED) is 0.753. The minimum atomic E-state index is -0.316. The molecular formula is C18H18FN5. The predicted octanol–water partition coefficient (Wildman–Crippen LogP) is 3.43. The molecule has 3 rings (SSSR count). The molecule has 2 heterocycles. The Morgan fingerprint density at radius 3 is 2.67 bits per heavy atom. The van der Waals surface area contributed by atoms with Gasteiger partial charge in [0.05, 0.1) is 5.69 Å². The van der Waals surface area contributed by atoms with E-state index >= 15 is 0 Å². The standard InChI is InChI=1S/C18H18FN5/c1-24(11-8-14-6-9-20-10-7-14)18-12-17(21-13-22-18)23-16-5-3-2-4-15(16)19/h2-7,9-10,12-13H,8,11H2,1H3,(H,21,22,23). The van der Waals surface area contributed by atoms with Crippen LogP contribution in [0.3, 0.4) is 0 Å². The molecule has 5 nitrogen and oxygen atoms in total. The molecular weight excluding hydrogens is 305 g/mol. The van der Waals surface area contributed by atoms with E-state index in [-0.39, 0.29) is 5.82 Å². The summed E-state index contributed by atoms with van der Waals surface area (Å²) in [7, 11) is 1.97. The van der Waals surface area contributed by atoms with Crippen LogP contribution in [0.4, 0.5) is 21.7 Å². The molecule has 6 heteroatoms. The number of likely N-dealkylation sites (N-methyl/N-ethyl adjacent to an activating group) is 1. The zero-order chi connectivity index (χ0) is 16.8. The van der Waals surface area contributed by atoms with Crippen LogP contribution in [-0.2, 0) is 6.42 Å². The summed E-state index contributed by atoms with van der Waals surface area (Å²) in [6, 6.07) is 12.3. The van der Waals surface area contributed by atoms with Crippen molar-refractivity contribution in [2.24, 2.45) is 0 Å². The molecule has 0 saturated carbocycles. The van der Waals surface area contributed by atoms with Gasteiger partial charge in [0.2, 0.25) is 0 Å². The maximum atomic E-state index is 13.7. The highest BCUT2D eigenvalue weighted by Crippen LogP contribution is 2.20. The van der Waals surface area contributed by atoms with Gasteiger partial charge in [0.25, 0.3) is 0 Å². The minimum Gasteiger partial charge on any atom is -0.359 e. The highest BCUT2D eigenvalue weighted by molar-refractivity contribution is 5.59. The molecule has 0 aliphatic heterocycles. The van der Waals surface area contributed by atoms with Crippen LogP contribution in [0.5, 0.6) is 0 Å². The summed E-state index contributed by atoms with van der Waals surface area (Å²) in [5.74, 6) is 1.02. The van der Waals surface area contributed by atoms with Crippen molar-refractivity contribution in [3.8, 4) is 0 Å². The van der Waals surface area contributed by atoms with E-state index in [9.17, 15) is 4.39 Å². The van der Waals surface area contributed by atoms with Crippen LogP contribution in [0.25, 0.3) is 0 Å². The molecule has 0 fully saturated rings. The van der Waals surface area contributed by atoms with Gasteiger partial charge in [-0.15, -0.1) is 0 Å². The third kappa shape index (κ3) is 4.04. The van der Waals surface area contributed by atoms with Crippen molar-refractivity contribution in [2.45, 2.75) is 6.42 Å². The van der Waals surface area contributed by atoms with Gasteiger partial charge in [-0.1, -0.05) is 12.1 Å². The molecule has 0 aliphatic carbocycles. The van der Waals surface area contributed by atoms with Crippen molar-refractivity contribution in [3.63, 3.8) is 0 Å². The van der Waals surface area contributed by atoms with Crippen molar-refractivity contribution in [1.29, 1.82) is 0 Å². The van der Waals surface area contributed by atoms with Gasteiger partial charge in [0, 0.05) is 32.1 Å². The third-order valence-electron chi connectivity index (χ3n) is 3.67. The third-order valence-corrected chi connectivity index (χ3v) is 3.67. The number of para-hydroxylation sites is 1. The van der Waals surface area contributed by atoms with E-state index in [1.807, 2.05) is 24.1 Å². The largest absolute Gasteiger partial charge is 0.359 e. The van der Waals surface area contributed by atoms with Crippen LogP contribution in [0, 0.1) is 5.82 Å². The van der Waals surface area contributed by atoms with Gasteiger partial charge in [0.15, 0.2) is 0 Å². The SMILES string of the molecule is CN(CCc1ccncc1)c1cc(Nc2ccccc2F)ncn1. The number of nitrogens with one attached hydrogen (secondary N) is 1. The number of benzene rings is 1. The molecule has 24 heavy (non-hydrogen) atoms. The first kappa shape index (κ1) is 15.9. The summed E-state index contributed by atoms with van der Waals surface area (Å²) in [6.07, 6.45) is 5.94. The van der Waals surface area contributed by atoms with E-state index in [0.717, 1.165) is 18.8 Å². The van der Waals surface area contributed by atoms with Gasteiger partial charge >= 0.3 is 0 Å². The Morgan fingerprint density at radius 1 is 1.08 bits per heavy atom. The summed E-state index contributed by atoms with van der Waals surface area (Å²) in [5, 5.41) is 2.98. The maximum Gasteiger partial charge on any atom is 0.146 e. The first-order chi connectivity index (χ1) is 11.7. The Balaban J connectivity index is 1.67. The zero-order valence-electron chi connectivity index (χ0n) is 13.4. The second-order valence-corrected chi connectivity index (χ2v) is 5.39. The predicted molar refractivity (Wildman–Crippen MR) is 92.9 cm³/mol. The van der Waals surface area contributed by atoms with Crippen LogP contribution in [0.15, 0.2) is 61.2 Å². The van der Waals surface area contributed by atoms with Gasteiger partial charge in [-0.05, 0) is 36.2 Å². The fourth-order valence-corrected chi connectivity index (χ4v) is 2.29. The van der Waals surface area contributed by atoms with Gasteiger partial charge in [-0.25, -0.2) is 14.4 Å². The highest BCUT2D eigenvalue weighted by Gasteiger charge is 2.07. The molecule has 3 aromatic rings. The van der Waals surface area contributed by atoms with Crippen LogP contribution in [0.1, 0.15) is 5.56 Å². The molecule has 1 aromatic carbocycles. The van der Waals surface area contributed by atoms with Gasteiger partial charge in [-0.3, -0.25) is 4.98 Å². The molecule has 0 spiro atoms. The number of hydrogen-bond acceptors (Lipinski definition) is 5. The van der Waals surface area contributed by atoms with Gasteiger partial charge in [0.1, 0.15) is 23.8 Å². The number of halogens is 1. The normalized spacial score (nSPS) is 10.4. The zero-order valence-corrected chi connectivity index (χ0v) is 13.4. The number of pyridine rings is 1. The van der Waals surface area contributed by atoms with Crippen LogP contribution in [0.2, 0.25) is 0 Å². The van der Waals surface area contributed by atoms with Crippen molar-refractivity contribution in [2.75, 3.05) is 23.8 Å². The Labute approximate surface area is 140 Å². The van der Waals surface area contributed by atoms with Gasteiger partial charge < -0.3 is 10.2 Å². The van der Waals surface area contributed by atoms with E-state index in [0.29, 0.717) is 11.5 Å². The Morgan fingerprint density at radius 2 is 1.88 bits per heavy atom. The highest BCUT2D eigenvalue weighted by atomic mass is 19.1. The molecule has 1 N–H and O–H groups in total. The first-order valence-electron chi connectivity index (χ1n) is 7.66. The lowest BCUT2D eigenvalue weighted by molar-refractivity contribution is 0.632. The number of rotatable bonds is 6. The summed E-state index contributed by atoms with van der Waals surface area (Å²) >= 11 is 0. The summed E-state index contributed by atoms with van der Waals surface area (Å²) in [4.78, 5) is 14.5. The smallest absolute Gasteiger partial charge is 0.146 e. The van der Waals surface area contributed by atoms with E-state index < -0.39 is 0 Å². The van der Waals surface area contributed by atoms with Crippen molar-refractivity contribution in [3.05, 3.63) is 72.6 Å². The number of anilines is 3. The summed E-state index contributed by atoms with van der Waals surface area (Å²) in [5.41, 5.74) is 1.61. The van der Waals surface area contributed by atoms with Crippen molar-refractivity contribution >= 4 is 17.3 Å². The van der Waals surface area contributed by atoms with Crippen LogP contribution >= 0.6 is 0 Å². The average molecular weight is 323 g/mol. The van der Waals surface area contributed by atoms with Crippen LogP contribution in [-0.4, -0.2) is 28.5 Å². The fraction of sp³-hybridized carbons (Fsp3) is 0.167. The molecule has 0 bridgehead atoms. The average Bonchev–Trinajstić information content (AvgIpc) is 2.63. The van der Waals surface area contributed by atoms with E-state index in [2.05, 4.69) is 20.3 Å². The molecule has 0 amide bonds. The number of nitrogens with zero attached hydrogens (tertiary/aromatic N) is 4. The first-order valence-corrected chi connectivity index (χ1v) is 7.66. The lowest BCUT2D eigenvalue weighted by Gasteiger charge is -2.18. The number of aromatic nitrogens is 3. The van der Waals surface area contributed by atoms with Crippen molar-refractivity contribution in [1.82, 2.24) is 15.0 Å². The Kier molecular flexibility index (Phi) is 4.96. The van der Waals surface area contributed by atoms with Gasteiger partial charge in [-0.2, -0.15) is 0 Å². The number of hydrogen-bond donors (Lipinski definition) is 1. The minimum absolute atomic E-state index is 0.316.